The van der Waals surface area contributed by atoms with Gasteiger partial charge in [0.15, 0.2) is 0 Å². The van der Waals surface area contributed by atoms with Crippen LogP contribution in [0.25, 0.3) is 0 Å². The van der Waals surface area contributed by atoms with Crippen LogP contribution in [0.1, 0.15) is 12.7 Å². The van der Waals surface area contributed by atoms with Crippen molar-refractivity contribution in [3.63, 3.8) is 0 Å². The Morgan fingerprint density at radius 2 is 2.43 bits per heavy atom. The molecule has 0 aliphatic rings. The zero-order valence-corrected chi connectivity index (χ0v) is 9.16. The maximum Gasteiger partial charge on any atom is 0.110 e. The molecule has 0 spiro atoms. The third kappa shape index (κ3) is 3.12. The van der Waals surface area contributed by atoms with E-state index in [1.165, 1.54) is 0 Å². The van der Waals surface area contributed by atoms with E-state index in [4.69, 9.17) is 4.74 Å². The van der Waals surface area contributed by atoms with Crippen LogP contribution in [0.15, 0.2) is 12.4 Å². The van der Waals surface area contributed by atoms with Gasteiger partial charge in [0, 0.05) is 38.5 Å². The largest absolute Gasteiger partial charge is 0.380 e. The fourth-order valence-corrected chi connectivity index (χ4v) is 1.32. The molecule has 14 heavy (non-hydrogen) atoms. The first-order valence-corrected chi connectivity index (χ1v) is 4.99. The monoisotopic (exact) mass is 197 g/mol. The van der Waals surface area contributed by atoms with Gasteiger partial charge in [-0.15, -0.1) is 0 Å². The van der Waals surface area contributed by atoms with Gasteiger partial charge < -0.3 is 14.6 Å². The van der Waals surface area contributed by atoms with Crippen molar-refractivity contribution >= 4 is 0 Å². The molecule has 4 heteroatoms. The first kappa shape index (κ1) is 11.2. The minimum atomic E-state index is 0.344. The molecule has 0 saturated heterocycles. The summed E-state index contributed by atoms with van der Waals surface area (Å²) in [5.74, 6) is 1.09. The summed E-state index contributed by atoms with van der Waals surface area (Å²) in [7, 11) is 3.96. The van der Waals surface area contributed by atoms with Crippen molar-refractivity contribution < 1.29 is 4.74 Å². The Labute approximate surface area is 85.3 Å². The van der Waals surface area contributed by atoms with Gasteiger partial charge >= 0.3 is 0 Å². The van der Waals surface area contributed by atoms with Crippen LogP contribution < -0.4 is 5.32 Å². The molecule has 0 fully saturated rings. The SMILES string of the molecule is CCOCC(Cc1nccn1C)NC. The van der Waals surface area contributed by atoms with Crippen LogP contribution in [-0.2, 0) is 18.2 Å². The van der Waals surface area contributed by atoms with E-state index in [9.17, 15) is 0 Å². The lowest BCUT2D eigenvalue weighted by atomic mass is 10.2. The highest BCUT2D eigenvalue weighted by Crippen LogP contribution is 2.00. The average Bonchev–Trinajstić information content (AvgIpc) is 2.59. The highest BCUT2D eigenvalue weighted by molar-refractivity contribution is 4.94. The van der Waals surface area contributed by atoms with E-state index < -0.39 is 0 Å². The van der Waals surface area contributed by atoms with Crippen molar-refractivity contribution in [1.82, 2.24) is 14.9 Å². The predicted octanol–water partition coefficient (Wildman–Crippen LogP) is 0.587. The molecule has 0 bridgehead atoms. The van der Waals surface area contributed by atoms with Gasteiger partial charge in [-0.05, 0) is 14.0 Å². The molecule has 0 amide bonds. The number of aryl methyl sites for hydroxylation is 1. The second kappa shape index (κ2) is 5.78. The number of likely N-dealkylation sites (N-methyl/N-ethyl adjacent to an activating group) is 1. The Morgan fingerprint density at radius 1 is 1.64 bits per heavy atom. The van der Waals surface area contributed by atoms with E-state index in [1.54, 1.807) is 0 Å². The third-order valence-corrected chi connectivity index (χ3v) is 2.28. The van der Waals surface area contributed by atoms with E-state index >= 15 is 0 Å². The second-order valence-corrected chi connectivity index (χ2v) is 3.30. The Hall–Kier alpha value is -0.870. The van der Waals surface area contributed by atoms with Gasteiger partial charge in [0.1, 0.15) is 5.82 Å². The van der Waals surface area contributed by atoms with Gasteiger partial charge in [0.05, 0.1) is 6.61 Å². The van der Waals surface area contributed by atoms with Crippen molar-refractivity contribution in [2.75, 3.05) is 20.3 Å². The molecule has 0 aromatic carbocycles. The van der Waals surface area contributed by atoms with Crippen LogP contribution in [0.3, 0.4) is 0 Å². The maximum absolute atomic E-state index is 5.38. The van der Waals surface area contributed by atoms with E-state index in [1.807, 2.05) is 38.0 Å². The van der Waals surface area contributed by atoms with Crippen LogP contribution in [0, 0.1) is 0 Å². The first-order valence-electron chi connectivity index (χ1n) is 4.99. The Morgan fingerprint density at radius 3 is 2.93 bits per heavy atom. The number of ether oxygens (including phenoxy) is 1. The topological polar surface area (TPSA) is 39.1 Å². The van der Waals surface area contributed by atoms with Gasteiger partial charge in [-0.1, -0.05) is 0 Å². The fourth-order valence-electron chi connectivity index (χ4n) is 1.32. The molecule has 1 atom stereocenters. The summed E-state index contributed by atoms with van der Waals surface area (Å²) in [6.45, 7) is 3.51. The number of hydrogen-bond acceptors (Lipinski definition) is 3. The van der Waals surface area contributed by atoms with Gasteiger partial charge in [0.25, 0.3) is 0 Å². The van der Waals surface area contributed by atoms with Gasteiger partial charge in [-0.3, -0.25) is 0 Å². The summed E-state index contributed by atoms with van der Waals surface area (Å²) < 4.78 is 7.41. The second-order valence-electron chi connectivity index (χ2n) is 3.30. The first-order chi connectivity index (χ1) is 6.77. The molecule has 0 aliphatic carbocycles. The summed E-state index contributed by atoms with van der Waals surface area (Å²) >= 11 is 0. The van der Waals surface area contributed by atoms with Crippen molar-refractivity contribution in [2.24, 2.45) is 7.05 Å². The molecule has 4 nitrogen and oxygen atoms in total. The molecular weight excluding hydrogens is 178 g/mol. The minimum Gasteiger partial charge on any atom is -0.380 e. The van der Waals surface area contributed by atoms with Crippen molar-refractivity contribution in [3.8, 4) is 0 Å². The Kier molecular flexibility index (Phi) is 4.62. The summed E-state index contributed by atoms with van der Waals surface area (Å²) in [4.78, 5) is 4.28. The fraction of sp³-hybridized carbons (Fsp3) is 0.700. The molecule has 1 rings (SSSR count). The standard InChI is InChI=1S/C10H19N3O/c1-4-14-8-9(11-2)7-10-12-5-6-13(10)3/h5-6,9,11H,4,7-8H2,1-3H3. The Balaban J connectivity index is 2.44. The molecule has 1 N–H and O–H groups in total. The van der Waals surface area contributed by atoms with E-state index in [-0.39, 0.29) is 0 Å². The summed E-state index contributed by atoms with van der Waals surface area (Å²) in [6, 6.07) is 0.344. The quantitative estimate of drug-likeness (QED) is 0.725. The zero-order chi connectivity index (χ0) is 10.4. The van der Waals surface area contributed by atoms with Crippen LogP contribution >= 0.6 is 0 Å². The molecule has 80 valence electrons. The van der Waals surface area contributed by atoms with E-state index in [0.29, 0.717) is 6.04 Å². The molecule has 1 heterocycles. The number of nitrogens with one attached hydrogen (secondary N) is 1. The lowest BCUT2D eigenvalue weighted by molar-refractivity contribution is 0.124. The van der Waals surface area contributed by atoms with Crippen LogP contribution in [0.5, 0.6) is 0 Å². The van der Waals surface area contributed by atoms with Crippen LogP contribution in [-0.4, -0.2) is 35.9 Å². The number of aromatic nitrogens is 2. The van der Waals surface area contributed by atoms with Gasteiger partial charge in [0.2, 0.25) is 0 Å². The molecule has 1 aromatic rings. The van der Waals surface area contributed by atoms with Crippen molar-refractivity contribution in [2.45, 2.75) is 19.4 Å². The predicted molar refractivity (Wildman–Crippen MR) is 56.3 cm³/mol. The van der Waals surface area contributed by atoms with Crippen LogP contribution in [0.4, 0.5) is 0 Å². The molecule has 0 radical (unpaired) electrons. The zero-order valence-electron chi connectivity index (χ0n) is 9.16. The maximum atomic E-state index is 5.38. The van der Waals surface area contributed by atoms with Crippen molar-refractivity contribution in [3.05, 3.63) is 18.2 Å². The van der Waals surface area contributed by atoms with Gasteiger partial charge in [-0.2, -0.15) is 0 Å². The average molecular weight is 197 g/mol. The number of imidazole rings is 1. The number of hydrogen-bond donors (Lipinski definition) is 1. The summed E-state index contributed by atoms with van der Waals surface area (Å²) in [5, 5.41) is 3.22. The van der Waals surface area contributed by atoms with E-state index in [0.717, 1.165) is 25.5 Å². The smallest absolute Gasteiger partial charge is 0.110 e. The van der Waals surface area contributed by atoms with E-state index in [2.05, 4.69) is 10.3 Å². The number of rotatable bonds is 6. The van der Waals surface area contributed by atoms with Crippen LogP contribution in [0.2, 0.25) is 0 Å². The molecule has 1 aromatic heterocycles. The highest BCUT2D eigenvalue weighted by Gasteiger charge is 2.09. The molecule has 1 unspecified atom stereocenters. The highest BCUT2D eigenvalue weighted by atomic mass is 16.5. The summed E-state index contributed by atoms with van der Waals surface area (Å²) in [6.07, 6.45) is 4.69. The lowest BCUT2D eigenvalue weighted by Gasteiger charge is -2.15. The van der Waals surface area contributed by atoms with Gasteiger partial charge in [-0.25, -0.2) is 4.98 Å². The lowest BCUT2D eigenvalue weighted by Crippen LogP contribution is -2.33. The molecular formula is C10H19N3O. The minimum absolute atomic E-state index is 0.344. The normalized spacial score (nSPS) is 13.1. The van der Waals surface area contributed by atoms with Crippen molar-refractivity contribution in [1.29, 1.82) is 0 Å². The number of nitrogens with zero attached hydrogens (tertiary/aromatic N) is 2. The third-order valence-electron chi connectivity index (χ3n) is 2.28. The molecule has 0 aliphatic heterocycles. The molecule has 0 saturated carbocycles. The Bertz CT molecular complexity index is 260. The summed E-state index contributed by atoms with van der Waals surface area (Å²) in [5.41, 5.74) is 0.